The largest absolute Gasteiger partial charge is 0.493 e. The highest BCUT2D eigenvalue weighted by Crippen LogP contribution is 2.34. The van der Waals surface area contributed by atoms with Gasteiger partial charge in [-0.25, -0.2) is 9.97 Å². The Bertz CT molecular complexity index is 793. The van der Waals surface area contributed by atoms with Crippen molar-refractivity contribution in [2.45, 2.75) is 31.9 Å². The molecule has 0 aliphatic carbocycles. The van der Waals surface area contributed by atoms with Gasteiger partial charge in [-0.1, -0.05) is 0 Å². The van der Waals surface area contributed by atoms with Gasteiger partial charge in [0.2, 0.25) is 0 Å². The summed E-state index contributed by atoms with van der Waals surface area (Å²) in [7, 11) is 3.34. The summed E-state index contributed by atoms with van der Waals surface area (Å²) in [5, 5.41) is 3.38. The Morgan fingerprint density at radius 3 is 2.70 bits per heavy atom. The Hall–Kier alpha value is -2.54. The summed E-state index contributed by atoms with van der Waals surface area (Å²) in [6.07, 6.45) is 5.10. The lowest BCUT2D eigenvalue weighted by molar-refractivity contribution is 0.120. The maximum absolute atomic E-state index is 5.66. The lowest BCUT2D eigenvalue weighted by Gasteiger charge is -2.30. The number of nitrogens with zero attached hydrogens (tertiary/aromatic N) is 3. The summed E-state index contributed by atoms with van der Waals surface area (Å²) in [6.45, 7) is 3.35. The first-order chi connectivity index (χ1) is 13.3. The molecule has 27 heavy (non-hydrogen) atoms. The second kappa shape index (κ2) is 8.00. The Kier molecular flexibility index (Phi) is 5.29. The van der Waals surface area contributed by atoms with E-state index in [9.17, 15) is 0 Å². The van der Waals surface area contributed by atoms with Crippen LogP contribution in [0.15, 0.2) is 24.5 Å². The molecule has 0 spiro atoms. The molecular formula is C20H26N4O3. The van der Waals surface area contributed by atoms with Gasteiger partial charge in [0.1, 0.15) is 18.0 Å². The second-order valence-electron chi connectivity index (χ2n) is 6.92. The van der Waals surface area contributed by atoms with Crippen molar-refractivity contribution >= 4 is 11.6 Å². The van der Waals surface area contributed by atoms with Crippen LogP contribution in [0, 0.1) is 0 Å². The van der Waals surface area contributed by atoms with Crippen molar-refractivity contribution in [1.29, 1.82) is 0 Å². The molecule has 144 valence electrons. The van der Waals surface area contributed by atoms with Crippen molar-refractivity contribution in [3.63, 3.8) is 0 Å². The van der Waals surface area contributed by atoms with Gasteiger partial charge in [0.05, 0.1) is 20.3 Å². The number of nitrogens with one attached hydrogen (secondary N) is 1. The van der Waals surface area contributed by atoms with E-state index in [4.69, 9.17) is 14.2 Å². The molecule has 3 heterocycles. The minimum absolute atomic E-state index is 0.285. The molecule has 7 nitrogen and oxygen atoms in total. The van der Waals surface area contributed by atoms with Crippen LogP contribution in [-0.2, 0) is 17.7 Å². The van der Waals surface area contributed by atoms with Crippen LogP contribution >= 0.6 is 0 Å². The van der Waals surface area contributed by atoms with Crippen LogP contribution in [0.3, 0.4) is 0 Å². The Balaban J connectivity index is 1.47. The summed E-state index contributed by atoms with van der Waals surface area (Å²) >= 11 is 0. The molecule has 4 rings (SSSR count). The fraction of sp³-hybridized carbons (Fsp3) is 0.500. The van der Waals surface area contributed by atoms with Crippen LogP contribution in [-0.4, -0.2) is 50.0 Å². The van der Waals surface area contributed by atoms with E-state index in [1.165, 1.54) is 11.1 Å². The number of anilines is 2. The highest BCUT2D eigenvalue weighted by molar-refractivity contribution is 5.54. The number of hydrogen-bond donors (Lipinski definition) is 1. The third kappa shape index (κ3) is 3.93. The van der Waals surface area contributed by atoms with E-state index in [2.05, 4.69) is 32.3 Å². The van der Waals surface area contributed by atoms with E-state index >= 15 is 0 Å². The summed E-state index contributed by atoms with van der Waals surface area (Å²) < 4.78 is 16.5. The number of hydrogen-bond acceptors (Lipinski definition) is 7. The van der Waals surface area contributed by atoms with Crippen LogP contribution in [0.5, 0.6) is 11.5 Å². The number of methoxy groups -OCH3 is 2. The van der Waals surface area contributed by atoms with E-state index in [0.29, 0.717) is 0 Å². The number of ether oxygens (including phenoxy) is 3. The smallest absolute Gasteiger partial charge is 0.161 e. The van der Waals surface area contributed by atoms with Gasteiger partial charge in [0, 0.05) is 32.3 Å². The topological polar surface area (TPSA) is 68.7 Å². The van der Waals surface area contributed by atoms with Crippen molar-refractivity contribution in [3.8, 4) is 11.5 Å². The van der Waals surface area contributed by atoms with Gasteiger partial charge in [0.15, 0.2) is 11.5 Å². The fourth-order valence-electron chi connectivity index (χ4n) is 3.72. The molecule has 1 unspecified atom stereocenters. The number of aromatic nitrogens is 2. The van der Waals surface area contributed by atoms with Crippen LogP contribution in [0.25, 0.3) is 0 Å². The predicted molar refractivity (Wildman–Crippen MR) is 104 cm³/mol. The van der Waals surface area contributed by atoms with Crippen LogP contribution < -0.4 is 19.7 Å². The minimum atomic E-state index is 0.285. The molecule has 2 aliphatic heterocycles. The maximum Gasteiger partial charge on any atom is 0.161 e. The molecule has 1 atom stereocenters. The fourth-order valence-corrected chi connectivity index (χ4v) is 3.72. The molecule has 1 N–H and O–H groups in total. The van der Waals surface area contributed by atoms with Crippen molar-refractivity contribution in [2.75, 3.05) is 44.1 Å². The highest BCUT2D eigenvalue weighted by atomic mass is 16.5. The molecule has 1 aromatic carbocycles. The summed E-state index contributed by atoms with van der Waals surface area (Å²) in [6, 6.07) is 6.17. The first-order valence-electron chi connectivity index (χ1n) is 9.43. The van der Waals surface area contributed by atoms with Crippen molar-refractivity contribution < 1.29 is 14.2 Å². The monoisotopic (exact) mass is 370 g/mol. The van der Waals surface area contributed by atoms with Crippen molar-refractivity contribution in [3.05, 3.63) is 35.7 Å². The zero-order chi connectivity index (χ0) is 18.6. The van der Waals surface area contributed by atoms with Crippen molar-refractivity contribution in [1.82, 2.24) is 9.97 Å². The number of benzene rings is 1. The lowest BCUT2D eigenvalue weighted by atomic mass is 9.99. The molecule has 7 heteroatoms. The van der Waals surface area contributed by atoms with E-state index in [0.717, 1.165) is 68.6 Å². The van der Waals surface area contributed by atoms with Crippen LogP contribution in [0.2, 0.25) is 0 Å². The average Bonchev–Trinajstić information content (AvgIpc) is 3.24. The number of fused-ring (bicyclic) bond motifs is 1. The zero-order valence-electron chi connectivity index (χ0n) is 15.9. The van der Waals surface area contributed by atoms with Gasteiger partial charge < -0.3 is 24.4 Å². The summed E-state index contributed by atoms with van der Waals surface area (Å²) in [4.78, 5) is 11.1. The summed E-state index contributed by atoms with van der Waals surface area (Å²) in [5.74, 6) is 3.32. The molecule has 2 aromatic rings. The molecule has 1 saturated heterocycles. The Morgan fingerprint density at radius 2 is 1.96 bits per heavy atom. The summed E-state index contributed by atoms with van der Waals surface area (Å²) in [5.41, 5.74) is 2.54. The van der Waals surface area contributed by atoms with Gasteiger partial charge in [-0.2, -0.15) is 0 Å². The van der Waals surface area contributed by atoms with Gasteiger partial charge >= 0.3 is 0 Å². The van der Waals surface area contributed by atoms with E-state index in [-0.39, 0.29) is 6.10 Å². The lowest BCUT2D eigenvalue weighted by Crippen LogP contribution is -2.31. The molecule has 1 fully saturated rings. The van der Waals surface area contributed by atoms with Crippen LogP contribution in [0.4, 0.5) is 11.6 Å². The Morgan fingerprint density at radius 1 is 1.15 bits per heavy atom. The first-order valence-corrected chi connectivity index (χ1v) is 9.43. The van der Waals surface area contributed by atoms with Gasteiger partial charge in [-0.15, -0.1) is 0 Å². The zero-order valence-corrected chi connectivity index (χ0v) is 15.9. The quantitative estimate of drug-likeness (QED) is 0.838. The first kappa shape index (κ1) is 17.9. The normalized spacial score (nSPS) is 18.9. The molecule has 0 amide bonds. The molecule has 2 aliphatic rings. The van der Waals surface area contributed by atoms with Gasteiger partial charge in [-0.05, 0) is 42.5 Å². The molecular weight excluding hydrogens is 344 g/mol. The minimum Gasteiger partial charge on any atom is -0.493 e. The standard InChI is InChI=1S/C20H26N4O3/c1-25-17-8-14-5-6-24(12-15(14)9-18(17)26-2)20-10-19(22-13-23-20)21-11-16-4-3-7-27-16/h8-10,13,16H,3-7,11-12H2,1-2H3,(H,21,22,23). The average molecular weight is 370 g/mol. The van der Waals surface area contributed by atoms with Gasteiger partial charge in [-0.3, -0.25) is 0 Å². The van der Waals surface area contributed by atoms with Crippen molar-refractivity contribution in [2.24, 2.45) is 0 Å². The molecule has 1 aromatic heterocycles. The Labute approximate surface area is 159 Å². The van der Waals surface area contributed by atoms with E-state index < -0.39 is 0 Å². The third-order valence-electron chi connectivity index (χ3n) is 5.23. The van der Waals surface area contributed by atoms with Crippen LogP contribution in [0.1, 0.15) is 24.0 Å². The molecule has 0 radical (unpaired) electrons. The molecule has 0 bridgehead atoms. The highest BCUT2D eigenvalue weighted by Gasteiger charge is 2.21. The third-order valence-corrected chi connectivity index (χ3v) is 5.23. The van der Waals surface area contributed by atoms with Gasteiger partial charge in [0.25, 0.3) is 0 Å². The second-order valence-corrected chi connectivity index (χ2v) is 6.92. The maximum atomic E-state index is 5.66. The van der Waals surface area contributed by atoms with E-state index in [1.54, 1.807) is 20.5 Å². The number of rotatable bonds is 6. The van der Waals surface area contributed by atoms with E-state index in [1.807, 2.05) is 6.07 Å². The predicted octanol–water partition coefficient (Wildman–Crippen LogP) is 2.65. The molecule has 0 saturated carbocycles. The SMILES string of the molecule is COc1cc2c(cc1OC)CN(c1cc(NCC3CCCO3)ncn1)CC2.